The number of nitrogens with zero attached hydrogens (tertiary/aromatic N) is 3. The van der Waals surface area contributed by atoms with Gasteiger partial charge >= 0.3 is 5.97 Å². The average molecular weight is 454 g/mol. The first-order valence-electron chi connectivity index (χ1n) is 11.0. The van der Waals surface area contributed by atoms with Crippen molar-refractivity contribution in [1.29, 1.82) is 0 Å². The number of ether oxygens (including phenoxy) is 1. The van der Waals surface area contributed by atoms with E-state index in [0.29, 0.717) is 42.2 Å². The predicted octanol–water partition coefficient (Wildman–Crippen LogP) is 3.24. The van der Waals surface area contributed by atoms with E-state index in [-0.39, 0.29) is 11.8 Å². The van der Waals surface area contributed by atoms with Gasteiger partial charge in [0.05, 0.1) is 23.4 Å². The van der Waals surface area contributed by atoms with Crippen molar-refractivity contribution in [2.45, 2.75) is 20.3 Å². The Hall–Kier alpha value is -2.97. The van der Waals surface area contributed by atoms with E-state index in [4.69, 9.17) is 4.74 Å². The van der Waals surface area contributed by atoms with Crippen LogP contribution >= 0.6 is 11.3 Å². The Morgan fingerprint density at radius 2 is 1.72 bits per heavy atom. The summed E-state index contributed by atoms with van der Waals surface area (Å²) in [5.74, 6) is -1.05. The third-order valence-corrected chi connectivity index (χ3v) is 6.65. The molecule has 2 aliphatic heterocycles. The molecule has 32 heavy (non-hydrogen) atoms. The quantitative estimate of drug-likeness (QED) is 0.474. The average Bonchev–Trinajstić information content (AvgIpc) is 3.43. The highest BCUT2D eigenvalue weighted by atomic mass is 32.1. The van der Waals surface area contributed by atoms with Crippen molar-refractivity contribution in [3.8, 4) is 0 Å². The molecular weight excluding hydrogens is 426 g/mol. The summed E-state index contributed by atoms with van der Waals surface area (Å²) in [6.07, 6.45) is 0.743. The summed E-state index contributed by atoms with van der Waals surface area (Å²) in [5.41, 5.74) is 1.77. The maximum absolute atomic E-state index is 13.5. The monoisotopic (exact) mass is 453 g/mol. The molecule has 1 fully saturated rings. The van der Waals surface area contributed by atoms with Crippen LogP contribution in [-0.4, -0.2) is 66.9 Å². The molecule has 1 aromatic heterocycles. The number of amides is 2. The number of rotatable bonds is 7. The molecule has 0 bridgehead atoms. The van der Waals surface area contributed by atoms with Gasteiger partial charge in [0, 0.05) is 31.1 Å². The molecular formula is C24H27N3O4S. The number of imide groups is 1. The first kappa shape index (κ1) is 22.2. The second-order valence-electron chi connectivity index (χ2n) is 7.75. The highest BCUT2D eigenvalue weighted by Crippen LogP contribution is 2.36. The Labute approximate surface area is 191 Å². The Balaban J connectivity index is 1.63. The van der Waals surface area contributed by atoms with Crippen LogP contribution in [0.3, 0.4) is 0 Å². The van der Waals surface area contributed by atoms with Gasteiger partial charge in [-0.1, -0.05) is 19.9 Å². The Kier molecular flexibility index (Phi) is 6.72. The lowest BCUT2D eigenvalue weighted by atomic mass is 10.1. The molecule has 0 unspecified atom stereocenters. The predicted molar refractivity (Wildman–Crippen MR) is 124 cm³/mol. The molecule has 8 heteroatoms. The Bertz CT molecular complexity index is 1020. The van der Waals surface area contributed by atoms with E-state index in [9.17, 15) is 14.4 Å². The number of benzene rings is 1. The summed E-state index contributed by atoms with van der Waals surface area (Å²) >= 11 is 1.45. The molecule has 3 heterocycles. The van der Waals surface area contributed by atoms with E-state index in [1.54, 1.807) is 24.3 Å². The van der Waals surface area contributed by atoms with E-state index in [2.05, 4.69) is 11.8 Å². The number of likely N-dealkylation sites (N-methyl/N-ethyl adjacent to an activating group) is 1. The number of carbonyl (C=O) groups excluding carboxylic acids is 3. The topological polar surface area (TPSA) is 70.2 Å². The van der Waals surface area contributed by atoms with Crippen LogP contribution in [0.15, 0.2) is 47.5 Å². The minimum atomic E-state index is -0.413. The zero-order valence-corrected chi connectivity index (χ0v) is 19.2. The Morgan fingerprint density at radius 1 is 1.00 bits per heavy atom. The van der Waals surface area contributed by atoms with Gasteiger partial charge in [0.2, 0.25) is 0 Å². The molecule has 2 amide bonds. The number of hydrogen-bond acceptors (Lipinski definition) is 7. The second-order valence-corrected chi connectivity index (χ2v) is 8.70. The van der Waals surface area contributed by atoms with Gasteiger partial charge in [0.25, 0.3) is 11.8 Å². The molecule has 168 valence electrons. The number of thiophene rings is 1. The first-order valence-corrected chi connectivity index (χ1v) is 11.8. The van der Waals surface area contributed by atoms with Gasteiger partial charge in [0.1, 0.15) is 5.70 Å². The number of esters is 1. The van der Waals surface area contributed by atoms with Crippen molar-refractivity contribution < 1.29 is 19.1 Å². The second kappa shape index (κ2) is 9.67. The smallest absolute Gasteiger partial charge is 0.338 e. The fraction of sp³-hybridized carbons (Fsp3) is 0.375. The van der Waals surface area contributed by atoms with Crippen LogP contribution in [0.2, 0.25) is 0 Å². The molecule has 2 aromatic rings. The van der Waals surface area contributed by atoms with Crippen molar-refractivity contribution in [2.24, 2.45) is 0 Å². The van der Waals surface area contributed by atoms with E-state index >= 15 is 0 Å². The summed E-state index contributed by atoms with van der Waals surface area (Å²) in [6, 6.07) is 10.2. The van der Waals surface area contributed by atoms with Gasteiger partial charge in [-0.3, -0.25) is 9.59 Å². The van der Waals surface area contributed by atoms with Crippen LogP contribution in [0.25, 0.3) is 5.57 Å². The van der Waals surface area contributed by atoms with E-state index in [1.165, 1.54) is 16.2 Å². The van der Waals surface area contributed by atoms with Crippen LogP contribution in [-0.2, 0) is 14.3 Å². The van der Waals surface area contributed by atoms with E-state index < -0.39 is 5.97 Å². The summed E-state index contributed by atoms with van der Waals surface area (Å²) in [5, 5.41) is 1.91. The summed E-state index contributed by atoms with van der Waals surface area (Å²) < 4.78 is 5.16. The van der Waals surface area contributed by atoms with Crippen molar-refractivity contribution in [1.82, 2.24) is 9.80 Å². The number of hydrogen-bond donors (Lipinski definition) is 0. The zero-order chi connectivity index (χ0) is 22.7. The molecule has 0 radical (unpaired) electrons. The molecule has 7 nitrogen and oxygen atoms in total. The normalized spacial score (nSPS) is 17.4. The standard InChI is InChI=1S/C24H27N3O4S/c1-3-15-31-24(30)17-7-9-18(10-8-17)27-22(28)20(19-6-5-16-32-19)21(23(27)29)26-13-11-25(4-2)12-14-26/h5-10,16H,3-4,11-15H2,1-2H3. The number of anilines is 1. The molecule has 1 saturated heterocycles. The SMILES string of the molecule is CCCOC(=O)c1ccc(N2C(=O)C(c3cccs3)=C(N3CCN(CC)CC3)C2=O)cc1. The molecule has 0 spiro atoms. The van der Waals surface area contributed by atoms with Gasteiger partial charge in [-0.25, -0.2) is 9.69 Å². The minimum Gasteiger partial charge on any atom is -0.462 e. The molecule has 0 atom stereocenters. The van der Waals surface area contributed by atoms with Gasteiger partial charge in [-0.05, 0) is 48.7 Å². The van der Waals surface area contributed by atoms with Crippen molar-refractivity contribution in [2.75, 3.05) is 44.2 Å². The van der Waals surface area contributed by atoms with E-state index in [1.807, 2.05) is 29.3 Å². The third kappa shape index (κ3) is 4.20. The molecule has 1 aromatic carbocycles. The highest BCUT2D eigenvalue weighted by Gasteiger charge is 2.43. The summed E-state index contributed by atoms with van der Waals surface area (Å²) in [4.78, 5) is 45.5. The highest BCUT2D eigenvalue weighted by molar-refractivity contribution is 7.11. The number of carbonyl (C=O) groups is 3. The fourth-order valence-electron chi connectivity index (χ4n) is 4.00. The largest absolute Gasteiger partial charge is 0.462 e. The van der Waals surface area contributed by atoms with Crippen molar-refractivity contribution in [3.63, 3.8) is 0 Å². The minimum absolute atomic E-state index is 0.315. The maximum Gasteiger partial charge on any atom is 0.338 e. The maximum atomic E-state index is 13.5. The molecule has 4 rings (SSSR count). The van der Waals surface area contributed by atoms with Crippen LogP contribution in [0.1, 0.15) is 35.5 Å². The van der Waals surface area contributed by atoms with Gasteiger partial charge < -0.3 is 14.5 Å². The molecule has 0 saturated carbocycles. The Morgan fingerprint density at radius 3 is 2.31 bits per heavy atom. The summed E-state index contributed by atoms with van der Waals surface area (Å²) in [7, 11) is 0. The fourth-order valence-corrected chi connectivity index (χ4v) is 4.76. The van der Waals surface area contributed by atoms with Crippen LogP contribution < -0.4 is 4.90 Å². The molecule has 2 aliphatic rings. The first-order chi connectivity index (χ1) is 15.5. The van der Waals surface area contributed by atoms with Crippen molar-refractivity contribution in [3.05, 3.63) is 57.9 Å². The third-order valence-electron chi connectivity index (χ3n) is 5.76. The molecule has 0 N–H and O–H groups in total. The zero-order valence-electron chi connectivity index (χ0n) is 18.4. The lowest BCUT2D eigenvalue weighted by molar-refractivity contribution is -0.120. The number of piperazine rings is 1. The lowest BCUT2D eigenvalue weighted by Crippen LogP contribution is -2.47. The van der Waals surface area contributed by atoms with Crippen LogP contribution in [0, 0.1) is 0 Å². The lowest BCUT2D eigenvalue weighted by Gasteiger charge is -2.35. The van der Waals surface area contributed by atoms with Gasteiger partial charge in [-0.2, -0.15) is 0 Å². The van der Waals surface area contributed by atoms with Gasteiger partial charge in [-0.15, -0.1) is 11.3 Å². The molecule has 0 aliphatic carbocycles. The van der Waals surface area contributed by atoms with E-state index in [0.717, 1.165) is 30.9 Å². The van der Waals surface area contributed by atoms with Crippen LogP contribution in [0.5, 0.6) is 0 Å². The van der Waals surface area contributed by atoms with Crippen molar-refractivity contribution >= 4 is 40.4 Å². The summed E-state index contributed by atoms with van der Waals surface area (Å²) in [6.45, 7) is 8.49. The van der Waals surface area contributed by atoms with Crippen LogP contribution in [0.4, 0.5) is 5.69 Å². The van der Waals surface area contributed by atoms with Gasteiger partial charge in [0.15, 0.2) is 0 Å².